The zero-order chi connectivity index (χ0) is 10.8. The topological polar surface area (TPSA) is 47.3 Å². The van der Waals surface area contributed by atoms with E-state index in [0.29, 0.717) is 5.56 Å². The average molecular weight is 202 g/mol. The first-order valence-electron chi connectivity index (χ1n) is 5.17. The highest BCUT2D eigenvalue weighted by Gasteiger charge is 2.28. The first-order valence-corrected chi connectivity index (χ1v) is 5.17. The lowest BCUT2D eigenvalue weighted by Gasteiger charge is -2.24. The van der Waals surface area contributed by atoms with E-state index in [-0.39, 0.29) is 12.1 Å². The summed E-state index contributed by atoms with van der Waals surface area (Å²) >= 11 is 0. The molecule has 0 aromatic heterocycles. The molecule has 1 aromatic carbocycles. The van der Waals surface area contributed by atoms with Crippen molar-refractivity contribution in [3.63, 3.8) is 0 Å². The Morgan fingerprint density at radius 1 is 1.40 bits per heavy atom. The van der Waals surface area contributed by atoms with Gasteiger partial charge >= 0.3 is 0 Å². The minimum atomic E-state index is -0.236. The fourth-order valence-corrected chi connectivity index (χ4v) is 2.02. The molecule has 0 bridgehead atoms. The molecule has 0 spiro atoms. The molecule has 2 rings (SSSR count). The molecule has 1 aliphatic rings. The maximum absolute atomic E-state index is 9.64. The largest absolute Gasteiger partial charge is 0.391 e. The Balaban J connectivity index is 2.20. The highest BCUT2D eigenvalue weighted by molar-refractivity contribution is 5.51. The molecule has 1 heterocycles. The quantitative estimate of drug-likeness (QED) is 0.751. The molecular weight excluding hydrogens is 188 g/mol. The highest BCUT2D eigenvalue weighted by Crippen LogP contribution is 2.25. The molecule has 2 atom stereocenters. The normalized spacial score (nSPS) is 25.3. The third kappa shape index (κ3) is 1.81. The molecule has 3 heteroatoms. The SMILES string of the molecule is CC1C(O)CCN1c1ccc(C#N)cc1. The van der Waals surface area contributed by atoms with Crippen molar-refractivity contribution in [2.75, 3.05) is 11.4 Å². The van der Waals surface area contributed by atoms with Crippen molar-refractivity contribution < 1.29 is 5.11 Å². The van der Waals surface area contributed by atoms with E-state index in [1.165, 1.54) is 0 Å². The van der Waals surface area contributed by atoms with Gasteiger partial charge in [0, 0.05) is 12.2 Å². The molecule has 0 amide bonds. The Bertz CT molecular complexity index is 380. The van der Waals surface area contributed by atoms with Crippen LogP contribution in [0.2, 0.25) is 0 Å². The van der Waals surface area contributed by atoms with Gasteiger partial charge in [-0.2, -0.15) is 5.26 Å². The number of aliphatic hydroxyl groups is 1. The van der Waals surface area contributed by atoms with Crippen LogP contribution in [0.1, 0.15) is 18.9 Å². The number of hydrogen-bond acceptors (Lipinski definition) is 3. The van der Waals surface area contributed by atoms with Gasteiger partial charge in [0.1, 0.15) is 0 Å². The van der Waals surface area contributed by atoms with Gasteiger partial charge in [-0.25, -0.2) is 0 Å². The van der Waals surface area contributed by atoms with Crippen LogP contribution in [0.4, 0.5) is 5.69 Å². The molecule has 2 unspecified atom stereocenters. The predicted molar refractivity (Wildman–Crippen MR) is 58.6 cm³/mol. The van der Waals surface area contributed by atoms with E-state index < -0.39 is 0 Å². The molecular formula is C12H14N2O. The molecule has 1 saturated heterocycles. The Hall–Kier alpha value is -1.53. The van der Waals surface area contributed by atoms with Gasteiger partial charge in [0.2, 0.25) is 0 Å². The zero-order valence-electron chi connectivity index (χ0n) is 8.72. The summed E-state index contributed by atoms with van der Waals surface area (Å²) in [5.74, 6) is 0. The van der Waals surface area contributed by atoms with Crippen molar-refractivity contribution in [3.8, 4) is 6.07 Å². The van der Waals surface area contributed by atoms with Crippen molar-refractivity contribution in [1.82, 2.24) is 0 Å². The number of nitriles is 1. The van der Waals surface area contributed by atoms with Crippen LogP contribution >= 0.6 is 0 Å². The number of hydrogen-bond donors (Lipinski definition) is 1. The molecule has 0 radical (unpaired) electrons. The molecule has 1 fully saturated rings. The maximum atomic E-state index is 9.64. The molecule has 1 aliphatic heterocycles. The molecule has 1 aromatic rings. The van der Waals surface area contributed by atoms with Crippen molar-refractivity contribution in [3.05, 3.63) is 29.8 Å². The van der Waals surface area contributed by atoms with Crippen LogP contribution in [-0.4, -0.2) is 23.8 Å². The number of benzene rings is 1. The number of anilines is 1. The summed E-state index contributed by atoms with van der Waals surface area (Å²) in [4.78, 5) is 2.17. The number of rotatable bonds is 1. The predicted octanol–water partition coefficient (Wildman–Crippen LogP) is 1.52. The molecule has 1 N–H and O–H groups in total. The first-order chi connectivity index (χ1) is 7.22. The van der Waals surface area contributed by atoms with Gasteiger partial charge in [-0.15, -0.1) is 0 Å². The Morgan fingerprint density at radius 2 is 2.07 bits per heavy atom. The van der Waals surface area contributed by atoms with Gasteiger partial charge in [-0.1, -0.05) is 0 Å². The summed E-state index contributed by atoms with van der Waals surface area (Å²) in [5.41, 5.74) is 1.75. The van der Waals surface area contributed by atoms with E-state index >= 15 is 0 Å². The fourth-order valence-electron chi connectivity index (χ4n) is 2.02. The van der Waals surface area contributed by atoms with Crippen LogP contribution in [0.25, 0.3) is 0 Å². The second-order valence-electron chi connectivity index (χ2n) is 3.95. The standard InChI is InChI=1S/C12H14N2O/c1-9-12(15)6-7-14(9)11-4-2-10(8-13)3-5-11/h2-5,9,12,15H,6-7H2,1H3. The first kappa shape index (κ1) is 10.0. The molecule has 3 nitrogen and oxygen atoms in total. The lowest BCUT2D eigenvalue weighted by Crippen LogP contribution is -2.31. The number of nitrogens with zero attached hydrogens (tertiary/aromatic N) is 2. The van der Waals surface area contributed by atoms with E-state index in [2.05, 4.69) is 11.0 Å². The van der Waals surface area contributed by atoms with Crippen LogP contribution in [0.3, 0.4) is 0 Å². The van der Waals surface area contributed by atoms with Crippen molar-refractivity contribution in [2.45, 2.75) is 25.5 Å². The smallest absolute Gasteiger partial charge is 0.0991 e. The third-order valence-corrected chi connectivity index (χ3v) is 3.04. The van der Waals surface area contributed by atoms with Crippen LogP contribution in [0.15, 0.2) is 24.3 Å². The summed E-state index contributed by atoms with van der Waals surface area (Å²) in [6, 6.07) is 9.76. The highest BCUT2D eigenvalue weighted by atomic mass is 16.3. The molecule has 0 saturated carbocycles. The second-order valence-corrected chi connectivity index (χ2v) is 3.95. The van der Waals surface area contributed by atoms with Gasteiger partial charge in [0.25, 0.3) is 0 Å². The van der Waals surface area contributed by atoms with Gasteiger partial charge in [0.15, 0.2) is 0 Å². The minimum absolute atomic E-state index is 0.165. The fraction of sp³-hybridized carbons (Fsp3) is 0.417. The van der Waals surface area contributed by atoms with Crippen molar-refractivity contribution in [2.24, 2.45) is 0 Å². The average Bonchev–Trinajstić information content (AvgIpc) is 2.60. The Morgan fingerprint density at radius 3 is 2.53 bits per heavy atom. The lowest BCUT2D eigenvalue weighted by atomic mass is 10.2. The second kappa shape index (κ2) is 3.92. The van der Waals surface area contributed by atoms with Crippen LogP contribution in [0, 0.1) is 11.3 Å². The summed E-state index contributed by atoms with van der Waals surface area (Å²) in [6.45, 7) is 2.91. The molecule has 15 heavy (non-hydrogen) atoms. The zero-order valence-corrected chi connectivity index (χ0v) is 8.72. The van der Waals surface area contributed by atoms with Gasteiger partial charge < -0.3 is 10.0 Å². The maximum Gasteiger partial charge on any atom is 0.0991 e. The van der Waals surface area contributed by atoms with E-state index in [1.54, 1.807) is 0 Å². The summed E-state index contributed by atoms with van der Waals surface area (Å²) < 4.78 is 0. The number of aliphatic hydroxyl groups excluding tert-OH is 1. The van der Waals surface area contributed by atoms with E-state index in [4.69, 9.17) is 5.26 Å². The summed E-state index contributed by atoms with van der Waals surface area (Å²) in [7, 11) is 0. The Labute approximate surface area is 89.6 Å². The van der Waals surface area contributed by atoms with Gasteiger partial charge in [0.05, 0.1) is 23.8 Å². The van der Waals surface area contributed by atoms with Crippen molar-refractivity contribution >= 4 is 5.69 Å². The van der Waals surface area contributed by atoms with Crippen LogP contribution in [-0.2, 0) is 0 Å². The van der Waals surface area contributed by atoms with Gasteiger partial charge in [-0.3, -0.25) is 0 Å². The van der Waals surface area contributed by atoms with Crippen LogP contribution in [0.5, 0.6) is 0 Å². The summed E-state index contributed by atoms with van der Waals surface area (Å²) in [5, 5.41) is 18.3. The minimum Gasteiger partial charge on any atom is -0.391 e. The van der Waals surface area contributed by atoms with E-state index in [9.17, 15) is 5.11 Å². The molecule has 78 valence electrons. The van der Waals surface area contributed by atoms with E-state index in [0.717, 1.165) is 18.7 Å². The Kier molecular flexibility index (Phi) is 2.61. The van der Waals surface area contributed by atoms with Crippen LogP contribution < -0.4 is 4.90 Å². The monoisotopic (exact) mass is 202 g/mol. The van der Waals surface area contributed by atoms with E-state index in [1.807, 2.05) is 31.2 Å². The lowest BCUT2D eigenvalue weighted by molar-refractivity contribution is 0.170. The molecule has 0 aliphatic carbocycles. The summed E-state index contributed by atoms with van der Waals surface area (Å²) in [6.07, 6.45) is 0.585. The van der Waals surface area contributed by atoms with Gasteiger partial charge in [-0.05, 0) is 37.6 Å². The third-order valence-electron chi connectivity index (χ3n) is 3.04. The van der Waals surface area contributed by atoms with Crippen molar-refractivity contribution in [1.29, 1.82) is 5.26 Å².